The van der Waals surface area contributed by atoms with Crippen LogP contribution < -0.4 is 16.0 Å². The molecule has 1 saturated heterocycles. The van der Waals surface area contributed by atoms with E-state index in [2.05, 4.69) is 51.5 Å². The summed E-state index contributed by atoms with van der Waals surface area (Å²) in [6.07, 6.45) is 11.9. The third-order valence-electron chi connectivity index (χ3n) is 8.87. The number of allylic oxidation sites excluding steroid dienone is 1. The Morgan fingerprint density at radius 1 is 0.907 bits per heavy atom. The fraction of sp³-hybridized carbons (Fsp3) is 0.444. The molecule has 2 aliphatic rings. The molecule has 0 bridgehead atoms. The number of anilines is 3. The van der Waals surface area contributed by atoms with Crippen LogP contribution in [0, 0.1) is 0 Å². The van der Waals surface area contributed by atoms with Crippen LogP contribution in [0.1, 0.15) is 76.1 Å². The highest BCUT2D eigenvalue weighted by atomic mass is 16.1. The van der Waals surface area contributed by atoms with Crippen LogP contribution in [0.4, 0.5) is 17.1 Å². The highest BCUT2D eigenvalue weighted by Gasteiger charge is 2.33. The Labute approximate surface area is 257 Å². The Morgan fingerprint density at radius 3 is 2.16 bits per heavy atom. The van der Waals surface area contributed by atoms with Gasteiger partial charge in [0.05, 0.1) is 11.4 Å². The second kappa shape index (κ2) is 14.0. The molecule has 2 fully saturated rings. The summed E-state index contributed by atoms with van der Waals surface area (Å²) in [4.78, 5) is 22.7. The minimum Gasteiger partial charge on any atom is -0.386 e. The predicted octanol–water partition coefficient (Wildman–Crippen LogP) is 7.83. The van der Waals surface area contributed by atoms with Crippen molar-refractivity contribution >= 4 is 23.0 Å². The van der Waals surface area contributed by atoms with Crippen LogP contribution in [-0.4, -0.2) is 59.5 Å². The standard InChI is InChI=1S/C36H48N6O/c1-5-22-41(23-6-2)35(29-8-7-9-29)42-24-18-36(3,19-25-42)40-31-13-10-28(11-14-31)34(43)39-33-26-30(12-15-32(33)37-4)27-16-20-38-21-17-27/h10-17,20-21,26,37,40H,5-9,18-19,22-25H2,1-4H3,(H,39,43). The summed E-state index contributed by atoms with van der Waals surface area (Å²) in [5.41, 5.74) is 7.06. The minimum absolute atomic E-state index is 0.0190. The number of carbonyl (C=O) groups is 1. The molecule has 0 spiro atoms. The summed E-state index contributed by atoms with van der Waals surface area (Å²) in [5.74, 6) is 1.41. The first-order chi connectivity index (χ1) is 20.9. The lowest BCUT2D eigenvalue weighted by Crippen LogP contribution is -2.49. The largest absolute Gasteiger partial charge is 0.386 e. The van der Waals surface area contributed by atoms with Gasteiger partial charge in [0.25, 0.3) is 5.91 Å². The number of amides is 1. The Kier molecular flexibility index (Phi) is 9.90. The Hall–Kier alpha value is -4.00. The van der Waals surface area contributed by atoms with E-state index >= 15 is 0 Å². The summed E-state index contributed by atoms with van der Waals surface area (Å²) in [5, 5.41) is 10.1. The molecule has 2 aromatic carbocycles. The van der Waals surface area contributed by atoms with E-state index < -0.39 is 0 Å². The smallest absolute Gasteiger partial charge is 0.255 e. The van der Waals surface area contributed by atoms with Gasteiger partial charge in [0.1, 0.15) is 5.82 Å². The third-order valence-corrected chi connectivity index (χ3v) is 8.87. The molecule has 228 valence electrons. The number of rotatable bonds is 12. The number of carbonyl (C=O) groups excluding carboxylic acids is 1. The van der Waals surface area contributed by atoms with Crippen LogP contribution >= 0.6 is 0 Å². The summed E-state index contributed by atoms with van der Waals surface area (Å²) in [6, 6.07) is 17.8. The van der Waals surface area contributed by atoms with Crippen molar-refractivity contribution in [3.8, 4) is 11.1 Å². The molecule has 1 aliphatic carbocycles. The van der Waals surface area contributed by atoms with E-state index in [1.807, 2.05) is 61.6 Å². The predicted molar refractivity (Wildman–Crippen MR) is 179 cm³/mol. The van der Waals surface area contributed by atoms with E-state index in [-0.39, 0.29) is 11.4 Å². The average Bonchev–Trinajstić information content (AvgIpc) is 3.00. The minimum atomic E-state index is -0.130. The zero-order valence-electron chi connectivity index (χ0n) is 26.4. The van der Waals surface area contributed by atoms with Crippen LogP contribution in [0.15, 0.2) is 78.4 Å². The van der Waals surface area contributed by atoms with Crippen molar-refractivity contribution in [3.05, 3.63) is 83.9 Å². The van der Waals surface area contributed by atoms with Gasteiger partial charge in [-0.05, 0) is 117 Å². The number of pyridine rings is 1. The first-order valence-electron chi connectivity index (χ1n) is 16.1. The van der Waals surface area contributed by atoms with Crippen molar-refractivity contribution in [3.63, 3.8) is 0 Å². The maximum absolute atomic E-state index is 13.2. The van der Waals surface area contributed by atoms with Crippen LogP contribution in [0.3, 0.4) is 0 Å². The van der Waals surface area contributed by atoms with Gasteiger partial charge >= 0.3 is 0 Å². The molecule has 1 amide bonds. The summed E-state index contributed by atoms with van der Waals surface area (Å²) >= 11 is 0. The number of aromatic nitrogens is 1. The number of likely N-dealkylation sites (tertiary alicyclic amines) is 1. The first-order valence-corrected chi connectivity index (χ1v) is 16.1. The molecular formula is C36H48N6O. The Balaban J connectivity index is 1.21. The van der Waals surface area contributed by atoms with E-state index in [4.69, 9.17) is 0 Å². The molecule has 3 N–H and O–H groups in total. The van der Waals surface area contributed by atoms with Crippen molar-refractivity contribution in [1.29, 1.82) is 0 Å². The SMILES string of the molecule is CCCN(CCC)C(=C1CCC1)N1CCC(C)(Nc2ccc(C(=O)Nc3cc(-c4ccncc4)ccc3NC)cc2)CC1. The number of hydrogen-bond acceptors (Lipinski definition) is 6. The van der Waals surface area contributed by atoms with Gasteiger partial charge in [-0.2, -0.15) is 0 Å². The normalized spacial score (nSPS) is 15.8. The van der Waals surface area contributed by atoms with Gasteiger partial charge in [-0.1, -0.05) is 19.9 Å². The lowest BCUT2D eigenvalue weighted by atomic mass is 9.87. The summed E-state index contributed by atoms with van der Waals surface area (Å²) < 4.78 is 0. The second-order valence-corrected chi connectivity index (χ2v) is 12.2. The van der Waals surface area contributed by atoms with Gasteiger partial charge in [-0.25, -0.2) is 0 Å². The topological polar surface area (TPSA) is 72.5 Å². The molecule has 7 heteroatoms. The zero-order chi connectivity index (χ0) is 30.2. The number of benzene rings is 2. The van der Waals surface area contributed by atoms with E-state index in [0.717, 1.165) is 67.2 Å². The van der Waals surface area contributed by atoms with Crippen LogP contribution in [0.2, 0.25) is 0 Å². The monoisotopic (exact) mass is 580 g/mol. The van der Waals surface area contributed by atoms with E-state index in [0.29, 0.717) is 5.56 Å². The molecule has 5 rings (SSSR count). The van der Waals surface area contributed by atoms with Crippen LogP contribution in [-0.2, 0) is 0 Å². The van der Waals surface area contributed by atoms with Crippen molar-refractivity contribution in [2.75, 3.05) is 49.2 Å². The quantitative estimate of drug-likeness (QED) is 0.203. The number of nitrogens with one attached hydrogen (secondary N) is 3. The van der Waals surface area contributed by atoms with Gasteiger partial charge in [0.15, 0.2) is 0 Å². The van der Waals surface area contributed by atoms with E-state index in [9.17, 15) is 4.79 Å². The highest BCUT2D eigenvalue weighted by molar-refractivity contribution is 6.06. The molecule has 0 unspecified atom stereocenters. The van der Waals surface area contributed by atoms with Gasteiger partial charge < -0.3 is 25.8 Å². The molecule has 1 saturated carbocycles. The van der Waals surface area contributed by atoms with Crippen molar-refractivity contribution in [2.45, 2.75) is 71.3 Å². The third kappa shape index (κ3) is 7.32. The van der Waals surface area contributed by atoms with Crippen molar-refractivity contribution in [1.82, 2.24) is 14.8 Å². The molecule has 43 heavy (non-hydrogen) atoms. The maximum atomic E-state index is 13.2. The first kappa shape index (κ1) is 30.5. The summed E-state index contributed by atoms with van der Waals surface area (Å²) in [6.45, 7) is 11.3. The molecule has 3 aromatic rings. The van der Waals surface area contributed by atoms with Crippen LogP contribution in [0.25, 0.3) is 11.1 Å². The zero-order valence-corrected chi connectivity index (χ0v) is 26.4. The van der Waals surface area contributed by atoms with E-state index in [1.54, 1.807) is 23.8 Å². The Bertz CT molecular complexity index is 1380. The average molecular weight is 581 g/mol. The maximum Gasteiger partial charge on any atom is 0.255 e. The molecule has 1 aliphatic heterocycles. The highest BCUT2D eigenvalue weighted by Crippen LogP contribution is 2.36. The fourth-order valence-electron chi connectivity index (χ4n) is 6.26. The molecular weight excluding hydrogens is 532 g/mol. The van der Waals surface area contributed by atoms with Crippen molar-refractivity contribution < 1.29 is 4.79 Å². The lowest BCUT2D eigenvalue weighted by molar-refractivity contribution is 0.102. The lowest BCUT2D eigenvalue weighted by Gasteiger charge is -2.46. The number of hydrogen-bond donors (Lipinski definition) is 3. The van der Waals surface area contributed by atoms with Gasteiger partial charge in [0.2, 0.25) is 0 Å². The van der Waals surface area contributed by atoms with Crippen LogP contribution in [0.5, 0.6) is 0 Å². The van der Waals surface area contributed by atoms with E-state index in [1.165, 1.54) is 32.1 Å². The van der Waals surface area contributed by atoms with Gasteiger partial charge in [-0.3, -0.25) is 9.78 Å². The van der Waals surface area contributed by atoms with Gasteiger partial charge in [0, 0.05) is 62.4 Å². The molecule has 1 aromatic heterocycles. The second-order valence-electron chi connectivity index (χ2n) is 12.2. The molecule has 7 nitrogen and oxygen atoms in total. The number of piperidine rings is 1. The summed E-state index contributed by atoms with van der Waals surface area (Å²) in [7, 11) is 1.86. The Morgan fingerprint density at radius 2 is 1.58 bits per heavy atom. The van der Waals surface area contributed by atoms with Crippen molar-refractivity contribution in [2.24, 2.45) is 0 Å². The molecule has 0 atom stereocenters. The number of nitrogens with zero attached hydrogens (tertiary/aromatic N) is 3. The fourth-order valence-corrected chi connectivity index (χ4v) is 6.26. The molecule has 0 radical (unpaired) electrons. The van der Waals surface area contributed by atoms with Gasteiger partial charge in [-0.15, -0.1) is 0 Å². The molecule has 2 heterocycles.